The Morgan fingerprint density at radius 3 is 2.35 bits per heavy atom. The van der Waals surface area contributed by atoms with Gasteiger partial charge in [-0.15, -0.1) is 0 Å². The summed E-state index contributed by atoms with van der Waals surface area (Å²) in [4.78, 5) is 12.1. The molecule has 0 saturated heterocycles. The average Bonchev–Trinajstić information content (AvgIpc) is 2.42. The summed E-state index contributed by atoms with van der Waals surface area (Å²) >= 11 is 0. The molecule has 4 nitrogen and oxygen atoms in total. The van der Waals surface area contributed by atoms with Crippen LogP contribution in [0.25, 0.3) is 0 Å². The van der Waals surface area contributed by atoms with Crippen LogP contribution in [-0.2, 0) is 0 Å². The van der Waals surface area contributed by atoms with Gasteiger partial charge in [-0.2, -0.15) is 0 Å². The van der Waals surface area contributed by atoms with E-state index >= 15 is 0 Å². The quantitative estimate of drug-likeness (QED) is 0.597. The van der Waals surface area contributed by atoms with Gasteiger partial charge in [-0.1, -0.05) is 0 Å². The number of aryl methyl sites for hydroxylation is 1. The molecular formula is C14H13F2N3O. The maximum absolute atomic E-state index is 13.1. The van der Waals surface area contributed by atoms with Gasteiger partial charge < -0.3 is 10.7 Å². The molecule has 4 N–H and O–H groups in total. The third kappa shape index (κ3) is 2.92. The summed E-state index contributed by atoms with van der Waals surface area (Å²) < 4.78 is 25.9. The summed E-state index contributed by atoms with van der Waals surface area (Å²) in [5.74, 6) is 2.89. The van der Waals surface area contributed by atoms with Gasteiger partial charge in [-0.05, 0) is 42.8 Å². The summed E-state index contributed by atoms with van der Waals surface area (Å²) in [6.45, 7) is 1.75. The monoisotopic (exact) mass is 277 g/mol. The number of anilines is 2. The van der Waals surface area contributed by atoms with Crippen LogP contribution in [0.5, 0.6) is 0 Å². The minimum absolute atomic E-state index is 0.189. The van der Waals surface area contributed by atoms with E-state index in [1.807, 2.05) is 0 Å². The summed E-state index contributed by atoms with van der Waals surface area (Å²) in [7, 11) is 0. The molecular weight excluding hydrogens is 264 g/mol. The molecule has 2 rings (SSSR count). The number of rotatable bonds is 3. The second kappa shape index (κ2) is 5.66. The Morgan fingerprint density at radius 1 is 1.05 bits per heavy atom. The van der Waals surface area contributed by atoms with Gasteiger partial charge in [0.15, 0.2) is 11.6 Å². The minimum atomic E-state index is -1.01. The first-order valence-electron chi connectivity index (χ1n) is 5.85. The van der Waals surface area contributed by atoms with Crippen LogP contribution in [0.1, 0.15) is 15.9 Å². The number of hydrazine groups is 1. The van der Waals surface area contributed by atoms with Crippen LogP contribution in [0.15, 0.2) is 36.4 Å². The molecule has 0 bridgehead atoms. The Balaban J connectivity index is 2.21. The number of carbonyl (C=O) groups is 1. The number of nitrogen functional groups attached to an aromatic ring is 1. The average molecular weight is 277 g/mol. The Morgan fingerprint density at radius 2 is 1.75 bits per heavy atom. The van der Waals surface area contributed by atoms with Gasteiger partial charge in [0, 0.05) is 23.0 Å². The van der Waals surface area contributed by atoms with E-state index in [0.29, 0.717) is 16.8 Å². The highest BCUT2D eigenvalue weighted by molar-refractivity contribution is 6.05. The first-order valence-corrected chi connectivity index (χ1v) is 5.85. The predicted octanol–water partition coefficient (Wildman–Crippen LogP) is 2.81. The van der Waals surface area contributed by atoms with Gasteiger partial charge in [0.05, 0.1) is 0 Å². The Hall–Kier alpha value is -2.47. The van der Waals surface area contributed by atoms with Crippen molar-refractivity contribution in [2.24, 2.45) is 5.84 Å². The summed E-state index contributed by atoms with van der Waals surface area (Å²) in [6.07, 6.45) is 0. The third-order valence-corrected chi connectivity index (χ3v) is 2.82. The normalized spacial score (nSPS) is 10.2. The molecule has 104 valence electrons. The zero-order valence-electron chi connectivity index (χ0n) is 10.7. The van der Waals surface area contributed by atoms with Crippen molar-refractivity contribution in [2.75, 3.05) is 10.7 Å². The van der Waals surface area contributed by atoms with Crippen LogP contribution in [0, 0.1) is 18.6 Å². The van der Waals surface area contributed by atoms with E-state index in [1.165, 1.54) is 6.07 Å². The Bertz CT molecular complexity index is 659. The van der Waals surface area contributed by atoms with Crippen molar-refractivity contribution in [2.45, 2.75) is 6.92 Å². The van der Waals surface area contributed by atoms with E-state index < -0.39 is 17.5 Å². The molecule has 0 aliphatic carbocycles. The summed E-state index contributed by atoms with van der Waals surface area (Å²) in [5.41, 5.74) is 4.47. The molecule has 6 heteroatoms. The number of carbonyl (C=O) groups excluding carboxylic acids is 1. The lowest BCUT2D eigenvalue weighted by atomic mass is 10.1. The van der Waals surface area contributed by atoms with Gasteiger partial charge in [0.1, 0.15) is 0 Å². The van der Waals surface area contributed by atoms with Gasteiger partial charge in [-0.3, -0.25) is 10.6 Å². The lowest BCUT2D eigenvalue weighted by Gasteiger charge is -2.09. The van der Waals surface area contributed by atoms with Crippen molar-refractivity contribution in [3.63, 3.8) is 0 Å². The molecule has 20 heavy (non-hydrogen) atoms. The van der Waals surface area contributed by atoms with Crippen LogP contribution >= 0.6 is 0 Å². The number of hydrogen-bond acceptors (Lipinski definition) is 3. The lowest BCUT2D eigenvalue weighted by molar-refractivity contribution is 0.102. The SMILES string of the molecule is Cc1cc(NN)ccc1C(=O)Nc1ccc(F)c(F)c1. The maximum Gasteiger partial charge on any atom is 0.255 e. The number of nitrogens with one attached hydrogen (secondary N) is 2. The van der Waals surface area contributed by atoms with Crippen LogP contribution in [0.3, 0.4) is 0 Å². The molecule has 0 atom stereocenters. The summed E-state index contributed by atoms with van der Waals surface area (Å²) in [6, 6.07) is 8.13. The van der Waals surface area contributed by atoms with Crippen LogP contribution < -0.4 is 16.6 Å². The van der Waals surface area contributed by atoms with E-state index in [2.05, 4.69) is 10.7 Å². The van der Waals surface area contributed by atoms with E-state index in [0.717, 1.165) is 12.1 Å². The van der Waals surface area contributed by atoms with Crippen molar-refractivity contribution in [1.82, 2.24) is 0 Å². The third-order valence-electron chi connectivity index (χ3n) is 2.82. The van der Waals surface area contributed by atoms with Gasteiger partial charge in [-0.25, -0.2) is 8.78 Å². The largest absolute Gasteiger partial charge is 0.324 e. The fourth-order valence-corrected chi connectivity index (χ4v) is 1.78. The molecule has 0 aliphatic heterocycles. The minimum Gasteiger partial charge on any atom is -0.324 e. The van der Waals surface area contributed by atoms with Gasteiger partial charge in [0.2, 0.25) is 0 Å². The fourth-order valence-electron chi connectivity index (χ4n) is 1.78. The van der Waals surface area contributed by atoms with Crippen molar-refractivity contribution in [3.05, 3.63) is 59.2 Å². The van der Waals surface area contributed by atoms with Crippen molar-refractivity contribution in [1.29, 1.82) is 0 Å². The number of benzene rings is 2. The first kappa shape index (κ1) is 14.0. The number of nitrogens with two attached hydrogens (primary N) is 1. The van der Waals surface area contributed by atoms with Crippen LogP contribution in [0.4, 0.5) is 20.2 Å². The standard InChI is InChI=1S/C14H13F2N3O/c1-8-6-10(19-17)2-4-11(8)14(20)18-9-3-5-12(15)13(16)7-9/h2-7,19H,17H2,1H3,(H,18,20). The molecule has 1 amide bonds. The molecule has 0 heterocycles. The van der Waals surface area contributed by atoms with E-state index in [9.17, 15) is 13.6 Å². The Kier molecular flexibility index (Phi) is 3.95. The topological polar surface area (TPSA) is 67.1 Å². The second-order valence-electron chi connectivity index (χ2n) is 4.26. The van der Waals surface area contributed by atoms with Crippen molar-refractivity contribution in [3.8, 4) is 0 Å². The molecule has 0 radical (unpaired) electrons. The van der Waals surface area contributed by atoms with Gasteiger partial charge >= 0.3 is 0 Å². The lowest BCUT2D eigenvalue weighted by Crippen LogP contribution is -2.14. The molecule has 2 aromatic carbocycles. The number of amides is 1. The van der Waals surface area contributed by atoms with Crippen LogP contribution in [0.2, 0.25) is 0 Å². The van der Waals surface area contributed by atoms with Crippen LogP contribution in [-0.4, -0.2) is 5.91 Å². The van der Waals surface area contributed by atoms with Gasteiger partial charge in [0.25, 0.3) is 5.91 Å². The molecule has 0 aromatic heterocycles. The first-order chi connectivity index (χ1) is 9.51. The van der Waals surface area contributed by atoms with E-state index in [4.69, 9.17) is 5.84 Å². The smallest absolute Gasteiger partial charge is 0.255 e. The zero-order valence-corrected chi connectivity index (χ0v) is 10.7. The highest BCUT2D eigenvalue weighted by Crippen LogP contribution is 2.18. The second-order valence-corrected chi connectivity index (χ2v) is 4.26. The number of hydrogen-bond donors (Lipinski definition) is 3. The van der Waals surface area contributed by atoms with Crippen molar-refractivity contribution < 1.29 is 13.6 Å². The fraction of sp³-hybridized carbons (Fsp3) is 0.0714. The maximum atomic E-state index is 13.1. The van der Waals surface area contributed by atoms with E-state index in [-0.39, 0.29) is 5.69 Å². The Labute approximate surface area is 114 Å². The summed E-state index contributed by atoms with van der Waals surface area (Å²) in [5, 5.41) is 2.51. The van der Waals surface area contributed by atoms with Crippen molar-refractivity contribution >= 4 is 17.3 Å². The molecule has 0 saturated carbocycles. The molecule has 0 spiro atoms. The molecule has 0 aliphatic rings. The highest BCUT2D eigenvalue weighted by atomic mass is 19.2. The zero-order chi connectivity index (χ0) is 14.7. The molecule has 0 unspecified atom stereocenters. The highest BCUT2D eigenvalue weighted by Gasteiger charge is 2.11. The predicted molar refractivity (Wildman–Crippen MR) is 73.3 cm³/mol. The molecule has 2 aromatic rings. The number of halogens is 2. The van der Waals surface area contributed by atoms with E-state index in [1.54, 1.807) is 25.1 Å². The molecule has 0 fully saturated rings.